The van der Waals surface area contributed by atoms with Gasteiger partial charge in [0.1, 0.15) is 0 Å². The Morgan fingerprint density at radius 1 is 1.23 bits per heavy atom. The first-order valence-electron chi connectivity index (χ1n) is 4.79. The molecule has 0 unspecified atom stereocenters. The van der Waals surface area contributed by atoms with Gasteiger partial charge in [-0.2, -0.15) is 0 Å². The fraction of sp³-hybridized carbons (Fsp3) is 0.231. The predicted octanol–water partition coefficient (Wildman–Crippen LogP) is 3.59. The van der Waals surface area contributed by atoms with Gasteiger partial charge in [-0.25, -0.2) is 0 Å². The van der Waals surface area contributed by atoms with Gasteiger partial charge in [-0.3, -0.25) is 0 Å². The van der Waals surface area contributed by atoms with Crippen LogP contribution in [0.1, 0.15) is 18.9 Å². The van der Waals surface area contributed by atoms with Crippen LogP contribution in [0.5, 0.6) is 0 Å². The van der Waals surface area contributed by atoms with E-state index in [1.807, 2.05) is 12.1 Å². The molecule has 13 heavy (non-hydrogen) atoms. The lowest BCUT2D eigenvalue weighted by atomic mass is 10.0. The van der Waals surface area contributed by atoms with Crippen molar-refractivity contribution >= 4 is 10.8 Å². The molecule has 0 heterocycles. The molecule has 0 atom stereocenters. The molecule has 0 saturated carbocycles. The van der Waals surface area contributed by atoms with E-state index in [1.165, 1.54) is 29.2 Å². The summed E-state index contributed by atoms with van der Waals surface area (Å²) in [5.41, 5.74) is 1.43. The zero-order valence-corrected chi connectivity index (χ0v) is 7.88. The van der Waals surface area contributed by atoms with Crippen LogP contribution in [-0.2, 0) is 6.42 Å². The van der Waals surface area contributed by atoms with E-state index < -0.39 is 0 Å². The predicted molar refractivity (Wildman–Crippen MR) is 56.8 cm³/mol. The Labute approximate surface area is 79.2 Å². The largest absolute Gasteiger partial charge is 0.0651 e. The van der Waals surface area contributed by atoms with Crippen LogP contribution in [0.25, 0.3) is 10.8 Å². The summed E-state index contributed by atoms with van der Waals surface area (Å²) >= 11 is 0. The molecule has 0 heteroatoms. The van der Waals surface area contributed by atoms with Crippen molar-refractivity contribution in [2.75, 3.05) is 0 Å². The molecule has 0 nitrogen and oxygen atoms in total. The van der Waals surface area contributed by atoms with E-state index in [0.717, 1.165) is 0 Å². The van der Waals surface area contributed by atoms with Crippen molar-refractivity contribution in [2.24, 2.45) is 0 Å². The summed E-state index contributed by atoms with van der Waals surface area (Å²) in [6.45, 7) is 2.21. The van der Waals surface area contributed by atoms with E-state index in [2.05, 4.69) is 37.3 Å². The normalized spacial score (nSPS) is 10.5. The van der Waals surface area contributed by atoms with Crippen molar-refractivity contribution in [3.05, 3.63) is 48.0 Å². The average molecular weight is 169 g/mol. The smallest absolute Gasteiger partial charge is 0.00992 e. The van der Waals surface area contributed by atoms with Crippen molar-refractivity contribution in [2.45, 2.75) is 19.8 Å². The molecule has 0 amide bonds. The fourth-order valence-electron chi connectivity index (χ4n) is 1.62. The zero-order valence-electron chi connectivity index (χ0n) is 7.88. The minimum atomic E-state index is 1.17. The van der Waals surface area contributed by atoms with Crippen molar-refractivity contribution < 1.29 is 0 Å². The lowest BCUT2D eigenvalue weighted by Crippen LogP contribution is -1.82. The molecular formula is C13H13. The molecule has 0 fully saturated rings. The third-order valence-corrected chi connectivity index (χ3v) is 2.27. The summed E-state index contributed by atoms with van der Waals surface area (Å²) in [6, 6.07) is 16.0. The van der Waals surface area contributed by atoms with Gasteiger partial charge in [0.05, 0.1) is 0 Å². The molecule has 0 bridgehead atoms. The number of aryl methyl sites for hydroxylation is 1. The Kier molecular flexibility index (Phi) is 2.31. The number of hydrogen-bond donors (Lipinski definition) is 0. The molecule has 0 aliphatic rings. The molecule has 0 aliphatic carbocycles. The summed E-state index contributed by atoms with van der Waals surface area (Å²) in [5, 5.41) is 2.51. The topological polar surface area (TPSA) is 0 Å². The van der Waals surface area contributed by atoms with Crippen molar-refractivity contribution in [1.82, 2.24) is 0 Å². The van der Waals surface area contributed by atoms with Crippen LogP contribution in [0.2, 0.25) is 0 Å². The standard InChI is InChI=1S/C13H13/c1-2-5-11-8-9-12-6-3-4-7-13(12)10-11/h3-4,7-10H,2,5H2,1H3. The van der Waals surface area contributed by atoms with E-state index in [-0.39, 0.29) is 0 Å². The minimum absolute atomic E-state index is 1.17. The second-order valence-corrected chi connectivity index (χ2v) is 3.34. The Bertz CT molecular complexity index is 401. The van der Waals surface area contributed by atoms with E-state index in [0.29, 0.717) is 0 Å². The molecule has 2 rings (SSSR count). The summed E-state index contributed by atoms with van der Waals surface area (Å²) in [4.78, 5) is 0. The second kappa shape index (κ2) is 3.61. The lowest BCUT2D eigenvalue weighted by molar-refractivity contribution is 0.924. The minimum Gasteiger partial charge on any atom is -0.0651 e. The molecule has 0 spiro atoms. The van der Waals surface area contributed by atoms with Crippen LogP contribution in [0, 0.1) is 6.07 Å². The van der Waals surface area contributed by atoms with E-state index >= 15 is 0 Å². The van der Waals surface area contributed by atoms with Gasteiger partial charge >= 0.3 is 0 Å². The van der Waals surface area contributed by atoms with Crippen LogP contribution in [0.15, 0.2) is 36.4 Å². The van der Waals surface area contributed by atoms with Crippen molar-refractivity contribution in [3.63, 3.8) is 0 Å². The molecule has 0 saturated heterocycles. The highest BCUT2D eigenvalue weighted by molar-refractivity contribution is 5.82. The molecular weight excluding hydrogens is 156 g/mol. The Balaban J connectivity index is 2.49. The van der Waals surface area contributed by atoms with Crippen molar-refractivity contribution in [3.8, 4) is 0 Å². The maximum Gasteiger partial charge on any atom is -0.00992 e. The van der Waals surface area contributed by atoms with Gasteiger partial charge < -0.3 is 0 Å². The van der Waals surface area contributed by atoms with Gasteiger partial charge in [-0.1, -0.05) is 49.7 Å². The molecule has 1 radical (unpaired) electrons. The Hall–Kier alpha value is -1.30. The third kappa shape index (κ3) is 1.72. The number of rotatable bonds is 2. The van der Waals surface area contributed by atoms with Gasteiger partial charge in [0.2, 0.25) is 0 Å². The van der Waals surface area contributed by atoms with Crippen LogP contribution in [-0.4, -0.2) is 0 Å². The maximum absolute atomic E-state index is 3.22. The second-order valence-electron chi connectivity index (χ2n) is 3.34. The molecule has 2 aromatic rings. The number of fused-ring (bicyclic) bond motifs is 1. The van der Waals surface area contributed by atoms with Gasteiger partial charge in [0, 0.05) is 0 Å². The summed E-state index contributed by atoms with van der Waals surface area (Å²) < 4.78 is 0. The zero-order chi connectivity index (χ0) is 9.10. The molecule has 65 valence electrons. The first-order chi connectivity index (χ1) is 6.40. The first kappa shape index (κ1) is 8.31. The van der Waals surface area contributed by atoms with Gasteiger partial charge in [0.15, 0.2) is 0 Å². The Morgan fingerprint density at radius 3 is 3.00 bits per heavy atom. The highest BCUT2D eigenvalue weighted by Crippen LogP contribution is 2.15. The average Bonchev–Trinajstić information content (AvgIpc) is 2.18. The van der Waals surface area contributed by atoms with E-state index in [1.54, 1.807) is 0 Å². The highest BCUT2D eigenvalue weighted by atomic mass is 14.0. The van der Waals surface area contributed by atoms with Gasteiger partial charge in [-0.15, -0.1) is 0 Å². The Morgan fingerprint density at radius 2 is 2.15 bits per heavy atom. The third-order valence-electron chi connectivity index (χ3n) is 2.27. The molecule has 0 aliphatic heterocycles. The molecule has 0 N–H and O–H groups in total. The summed E-state index contributed by atoms with van der Waals surface area (Å²) in [7, 11) is 0. The summed E-state index contributed by atoms with van der Waals surface area (Å²) in [6.07, 6.45) is 2.38. The SMILES string of the molecule is CCCc1ccc2[c]cccc2c1. The van der Waals surface area contributed by atoms with Gasteiger partial charge in [0.25, 0.3) is 0 Å². The van der Waals surface area contributed by atoms with E-state index in [4.69, 9.17) is 0 Å². The molecule has 0 aromatic heterocycles. The van der Waals surface area contributed by atoms with Crippen LogP contribution >= 0.6 is 0 Å². The first-order valence-corrected chi connectivity index (χ1v) is 4.79. The number of benzene rings is 2. The van der Waals surface area contributed by atoms with Crippen LogP contribution in [0.3, 0.4) is 0 Å². The molecule has 2 aromatic carbocycles. The fourth-order valence-corrected chi connectivity index (χ4v) is 1.62. The van der Waals surface area contributed by atoms with Crippen LogP contribution < -0.4 is 0 Å². The van der Waals surface area contributed by atoms with Crippen LogP contribution in [0.4, 0.5) is 0 Å². The quantitative estimate of drug-likeness (QED) is 0.644. The number of hydrogen-bond acceptors (Lipinski definition) is 0. The lowest BCUT2D eigenvalue weighted by Gasteiger charge is -2.00. The highest BCUT2D eigenvalue weighted by Gasteiger charge is 1.94. The monoisotopic (exact) mass is 169 g/mol. The maximum atomic E-state index is 3.22. The van der Waals surface area contributed by atoms with Gasteiger partial charge in [-0.05, 0) is 28.8 Å². The summed E-state index contributed by atoms with van der Waals surface area (Å²) in [5.74, 6) is 0. The van der Waals surface area contributed by atoms with E-state index in [9.17, 15) is 0 Å². The van der Waals surface area contributed by atoms with Crippen molar-refractivity contribution in [1.29, 1.82) is 0 Å².